The van der Waals surface area contributed by atoms with Crippen LogP contribution in [0.1, 0.15) is 58.7 Å². The van der Waals surface area contributed by atoms with E-state index in [0.717, 1.165) is 41.2 Å². The van der Waals surface area contributed by atoms with E-state index < -0.39 is 5.41 Å². The zero-order valence-corrected chi connectivity index (χ0v) is 38.1. The maximum atomic E-state index is 5.81. The number of para-hydroxylation sites is 1. The molecule has 0 unspecified atom stereocenters. The van der Waals surface area contributed by atoms with Gasteiger partial charge < -0.3 is 4.57 Å². The molecule has 4 heteroatoms. The number of hydrogen-bond donors (Lipinski definition) is 0. The lowest BCUT2D eigenvalue weighted by atomic mass is 9.70. The summed E-state index contributed by atoms with van der Waals surface area (Å²) in [6, 6.07) is 76.9. The molecule has 0 N–H and O–H groups in total. The van der Waals surface area contributed by atoms with Crippen molar-refractivity contribution >= 4 is 70.6 Å². The number of allylic oxidation sites excluding steroid dienone is 1. The van der Waals surface area contributed by atoms with E-state index in [9.17, 15) is 0 Å². The monoisotopic (exact) mass is 874 g/mol. The molecular formula is C63H44N3S+. The summed E-state index contributed by atoms with van der Waals surface area (Å²) in [5.41, 5.74) is 20.8. The van der Waals surface area contributed by atoms with Crippen LogP contribution in [0.15, 0.2) is 217 Å². The summed E-state index contributed by atoms with van der Waals surface area (Å²) >= 11 is 1.87. The second-order valence-corrected chi connectivity index (χ2v) is 19.4. The molecule has 3 heterocycles. The summed E-state index contributed by atoms with van der Waals surface area (Å²) in [4.78, 5) is 5.81. The first kappa shape index (κ1) is 38.4. The van der Waals surface area contributed by atoms with Crippen molar-refractivity contribution in [1.82, 2.24) is 4.57 Å². The van der Waals surface area contributed by atoms with Crippen LogP contribution in [0, 0.1) is 0 Å². The van der Waals surface area contributed by atoms with Crippen LogP contribution in [0.4, 0.5) is 0 Å². The van der Waals surface area contributed by atoms with Crippen LogP contribution in [0.2, 0.25) is 0 Å². The molecule has 3 aliphatic rings. The lowest BCUT2D eigenvalue weighted by Gasteiger charge is -2.30. The van der Waals surface area contributed by atoms with Crippen molar-refractivity contribution in [2.24, 2.45) is 4.99 Å². The third-order valence-corrected chi connectivity index (χ3v) is 16.1. The maximum absolute atomic E-state index is 5.81. The molecule has 0 bridgehead atoms. The van der Waals surface area contributed by atoms with Crippen LogP contribution in [-0.2, 0) is 5.41 Å². The molecule has 3 nitrogen and oxygen atoms in total. The number of thiophene rings is 1. The Morgan fingerprint density at radius 1 is 0.522 bits per heavy atom. The number of fused-ring (bicyclic) bond motifs is 17. The van der Waals surface area contributed by atoms with Crippen LogP contribution in [0.5, 0.6) is 0 Å². The van der Waals surface area contributed by atoms with Crippen molar-refractivity contribution in [2.45, 2.75) is 25.2 Å². The fourth-order valence-corrected chi connectivity index (χ4v) is 13.2. The van der Waals surface area contributed by atoms with E-state index in [1.807, 2.05) is 11.3 Å². The van der Waals surface area contributed by atoms with Gasteiger partial charge in [-0.15, -0.1) is 11.3 Å². The van der Waals surface area contributed by atoms with Crippen molar-refractivity contribution in [3.05, 3.63) is 251 Å². The van der Waals surface area contributed by atoms with Crippen molar-refractivity contribution < 1.29 is 4.58 Å². The highest BCUT2D eigenvalue weighted by atomic mass is 32.1. The third kappa shape index (κ3) is 5.33. The van der Waals surface area contributed by atoms with Crippen molar-refractivity contribution in [3.63, 3.8) is 0 Å². The van der Waals surface area contributed by atoms with Crippen molar-refractivity contribution in [3.8, 4) is 27.9 Å². The van der Waals surface area contributed by atoms with Gasteiger partial charge in [0.25, 0.3) is 0 Å². The Hall–Kier alpha value is -7.92. The topological polar surface area (TPSA) is 20.3 Å². The van der Waals surface area contributed by atoms with Crippen LogP contribution in [0.25, 0.3) is 75.6 Å². The summed E-state index contributed by atoms with van der Waals surface area (Å²) in [6.07, 6.45) is 1.70. The standard InChI is InChI=1S/C63H44N3S/c1-3-39-37-56(40-18-5-4-6-19-40)65(2)62(64-60(39)41-32-33-48-47-25-11-16-31-57(47)67-58(48)38-41)42-20-17-21-43(36-42)66-55-30-15-10-24-46(55)49-34-35-54-59(61(49)66)50-26-9-14-29-53(50)63(54)51-27-12-7-22-44(51)45-23-8-13-28-52(45)63/h4-36,38H,3,37H2,1-2H3/q+1. The van der Waals surface area contributed by atoms with Gasteiger partial charge >= 0.3 is 5.84 Å². The summed E-state index contributed by atoms with van der Waals surface area (Å²) in [7, 11) is 2.21. The first-order chi connectivity index (χ1) is 33.1. The van der Waals surface area contributed by atoms with Gasteiger partial charge in [0, 0.05) is 59.7 Å². The fourth-order valence-electron chi connectivity index (χ4n) is 12.1. The highest BCUT2D eigenvalue weighted by molar-refractivity contribution is 7.25. The molecular weight excluding hydrogens is 831 g/mol. The fraction of sp³-hybridized carbons (Fsp3) is 0.0794. The van der Waals surface area contributed by atoms with Gasteiger partial charge in [-0.3, -0.25) is 0 Å². The Morgan fingerprint density at radius 3 is 1.93 bits per heavy atom. The van der Waals surface area contributed by atoms with E-state index in [-0.39, 0.29) is 0 Å². The molecule has 2 aromatic heterocycles. The van der Waals surface area contributed by atoms with Gasteiger partial charge in [-0.25, -0.2) is 4.58 Å². The van der Waals surface area contributed by atoms with Crippen LogP contribution in [0.3, 0.4) is 0 Å². The number of aromatic nitrogens is 1. The summed E-state index contributed by atoms with van der Waals surface area (Å²) < 4.78 is 7.50. The smallest absolute Gasteiger partial charge is 0.309 e. The molecule has 0 saturated heterocycles. The Labute approximate surface area is 393 Å². The summed E-state index contributed by atoms with van der Waals surface area (Å²) in [6.45, 7) is 2.28. The van der Waals surface area contributed by atoms with Gasteiger partial charge in [0.15, 0.2) is 5.70 Å². The average Bonchev–Trinajstić information content (AvgIpc) is 4.08. The Bertz CT molecular complexity index is 3960. The largest absolute Gasteiger partial charge is 0.331 e. The predicted molar refractivity (Wildman–Crippen MR) is 282 cm³/mol. The van der Waals surface area contributed by atoms with Crippen molar-refractivity contribution in [2.75, 3.05) is 7.05 Å². The number of rotatable bonds is 5. The second-order valence-electron chi connectivity index (χ2n) is 18.3. The molecule has 1 aliphatic heterocycles. The quantitative estimate of drug-likeness (QED) is 0.154. The Morgan fingerprint density at radius 2 is 1.15 bits per heavy atom. The van der Waals surface area contributed by atoms with E-state index in [2.05, 4.69) is 229 Å². The van der Waals surface area contributed by atoms with Gasteiger partial charge in [-0.2, -0.15) is 0 Å². The minimum atomic E-state index is -0.434. The summed E-state index contributed by atoms with van der Waals surface area (Å²) in [5.74, 6) is 0.935. The highest BCUT2D eigenvalue weighted by Crippen LogP contribution is 2.64. The number of nitrogens with zero attached hydrogens (tertiary/aromatic N) is 3. The zero-order chi connectivity index (χ0) is 44.4. The normalized spacial score (nSPS) is 14.8. The molecule has 2 aliphatic carbocycles. The lowest BCUT2D eigenvalue weighted by molar-refractivity contribution is -0.370. The Balaban J connectivity index is 1.02. The van der Waals surface area contributed by atoms with Gasteiger partial charge in [0.1, 0.15) is 5.71 Å². The zero-order valence-electron chi connectivity index (χ0n) is 37.3. The lowest BCUT2D eigenvalue weighted by Crippen LogP contribution is -2.25. The Kier molecular flexibility index (Phi) is 8.32. The molecule has 9 aromatic carbocycles. The molecule has 0 saturated carbocycles. The van der Waals surface area contributed by atoms with E-state index in [4.69, 9.17) is 4.99 Å². The molecule has 67 heavy (non-hydrogen) atoms. The molecule has 0 atom stereocenters. The van der Waals surface area contributed by atoms with E-state index in [1.54, 1.807) is 0 Å². The molecule has 1 spiro atoms. The van der Waals surface area contributed by atoms with E-state index >= 15 is 0 Å². The van der Waals surface area contributed by atoms with Gasteiger partial charge in [-0.1, -0.05) is 171 Å². The van der Waals surface area contributed by atoms with Gasteiger partial charge in [0.2, 0.25) is 0 Å². The minimum absolute atomic E-state index is 0.434. The number of aliphatic imine (C=N–C) groups is 1. The van der Waals surface area contributed by atoms with Gasteiger partial charge in [-0.05, 0) is 98.4 Å². The van der Waals surface area contributed by atoms with E-state index in [1.165, 1.54) is 103 Å². The molecule has 11 aromatic rings. The maximum Gasteiger partial charge on any atom is 0.331 e. The van der Waals surface area contributed by atoms with Crippen LogP contribution < -0.4 is 0 Å². The number of amidine groups is 1. The van der Waals surface area contributed by atoms with Crippen molar-refractivity contribution in [1.29, 1.82) is 0 Å². The molecule has 0 radical (unpaired) electrons. The van der Waals surface area contributed by atoms with Gasteiger partial charge in [0.05, 0.1) is 29.1 Å². The molecule has 316 valence electrons. The summed E-state index contributed by atoms with van der Waals surface area (Å²) in [5, 5.41) is 5.11. The SMILES string of the molecule is CCC1=C(c2ccc3c(c2)sc2ccccc23)N=C(c2cccc(-n3c4ccccc4c4ccc5c(c43)-c3ccccc3C53c4ccccc4-c4ccccc43)c2)[N+](C)=C(c2ccccc2)C1. The highest BCUT2D eigenvalue weighted by Gasteiger charge is 2.52. The number of hydrogen-bond acceptors (Lipinski definition) is 2. The van der Waals surface area contributed by atoms with Crippen LogP contribution >= 0.6 is 11.3 Å². The van der Waals surface area contributed by atoms with E-state index in [0.29, 0.717) is 0 Å². The average molecular weight is 875 g/mol. The first-order valence-electron chi connectivity index (χ1n) is 23.5. The number of benzene rings is 9. The minimum Gasteiger partial charge on any atom is -0.309 e. The van der Waals surface area contributed by atoms with Crippen LogP contribution in [-0.4, -0.2) is 27.7 Å². The molecule has 14 rings (SSSR count). The third-order valence-electron chi connectivity index (χ3n) is 15.0. The predicted octanol–water partition coefficient (Wildman–Crippen LogP) is 15.6. The first-order valence-corrected chi connectivity index (χ1v) is 24.3. The second kappa shape index (κ2) is 14.5. The molecule has 0 fully saturated rings. The molecule has 0 amide bonds.